The van der Waals surface area contributed by atoms with E-state index in [1.54, 1.807) is 6.07 Å². The second-order valence-electron chi connectivity index (χ2n) is 3.75. The molecule has 5 nitrogen and oxygen atoms in total. The van der Waals surface area contributed by atoms with Crippen LogP contribution in [-0.4, -0.2) is 16.6 Å². The highest BCUT2D eigenvalue weighted by atomic mass is 79.9. The number of benzene rings is 1. The number of nitrogens with zero attached hydrogens (tertiary/aromatic N) is 1. The maximum absolute atomic E-state index is 11.4. The summed E-state index contributed by atoms with van der Waals surface area (Å²) in [5.74, 6) is 1.35. The van der Waals surface area contributed by atoms with Crippen molar-refractivity contribution in [2.75, 3.05) is 6.61 Å². The molecule has 0 aliphatic carbocycles. The molecule has 2 aromatic rings. The molecule has 0 bridgehead atoms. The van der Waals surface area contributed by atoms with Crippen LogP contribution in [0.1, 0.15) is 13.3 Å². The minimum atomic E-state index is -0.294. The summed E-state index contributed by atoms with van der Waals surface area (Å²) in [6, 6.07) is 7.26. The van der Waals surface area contributed by atoms with Crippen LogP contribution in [-0.2, 0) is 0 Å². The highest BCUT2D eigenvalue weighted by Gasteiger charge is 2.11. The fourth-order valence-electron chi connectivity index (χ4n) is 1.41. The van der Waals surface area contributed by atoms with E-state index < -0.39 is 0 Å². The Labute approximate surface area is 118 Å². The molecule has 19 heavy (non-hydrogen) atoms. The molecular formula is C13H13BrN2O3. The number of aromatic amines is 1. The van der Waals surface area contributed by atoms with Crippen LogP contribution in [0, 0.1) is 0 Å². The van der Waals surface area contributed by atoms with Gasteiger partial charge in [0.1, 0.15) is 4.47 Å². The van der Waals surface area contributed by atoms with Crippen LogP contribution in [0.15, 0.2) is 39.9 Å². The summed E-state index contributed by atoms with van der Waals surface area (Å²) in [6.07, 6.45) is 2.19. The van der Waals surface area contributed by atoms with Gasteiger partial charge in [0, 0.05) is 0 Å². The van der Waals surface area contributed by atoms with E-state index in [1.165, 1.54) is 6.33 Å². The van der Waals surface area contributed by atoms with Crippen molar-refractivity contribution < 1.29 is 9.47 Å². The molecule has 0 spiro atoms. The molecule has 0 fully saturated rings. The number of rotatable bonds is 5. The Bertz CT molecular complexity index is 613. The van der Waals surface area contributed by atoms with Gasteiger partial charge < -0.3 is 14.5 Å². The lowest BCUT2D eigenvalue weighted by molar-refractivity contribution is 0.300. The quantitative estimate of drug-likeness (QED) is 0.917. The molecular weight excluding hydrogens is 312 g/mol. The first-order chi connectivity index (χ1) is 9.22. The van der Waals surface area contributed by atoms with Crippen LogP contribution in [0.3, 0.4) is 0 Å². The van der Waals surface area contributed by atoms with Gasteiger partial charge in [0.15, 0.2) is 11.5 Å². The first-order valence-electron chi connectivity index (χ1n) is 5.85. The fraction of sp³-hybridized carbons (Fsp3) is 0.231. The molecule has 0 saturated carbocycles. The van der Waals surface area contributed by atoms with Crippen molar-refractivity contribution in [2.24, 2.45) is 0 Å². The number of halogens is 1. The second-order valence-corrected chi connectivity index (χ2v) is 4.54. The van der Waals surface area contributed by atoms with E-state index in [1.807, 2.05) is 25.1 Å². The molecule has 100 valence electrons. The molecule has 0 aliphatic heterocycles. The van der Waals surface area contributed by atoms with E-state index in [0.717, 1.165) is 6.42 Å². The molecule has 1 aromatic heterocycles. The van der Waals surface area contributed by atoms with Crippen molar-refractivity contribution in [3.05, 3.63) is 45.4 Å². The predicted octanol–water partition coefficient (Wildman–Crippen LogP) is 3.11. The number of ether oxygens (including phenoxy) is 2. The van der Waals surface area contributed by atoms with Crippen LogP contribution in [0.2, 0.25) is 0 Å². The highest BCUT2D eigenvalue weighted by molar-refractivity contribution is 9.10. The monoisotopic (exact) mass is 324 g/mol. The number of H-pyrrole nitrogens is 1. The molecule has 1 aromatic carbocycles. The van der Waals surface area contributed by atoms with Gasteiger partial charge in [0.2, 0.25) is 5.88 Å². The second kappa shape index (κ2) is 6.38. The molecule has 0 amide bonds. The Balaban J connectivity index is 2.28. The number of nitrogens with one attached hydrogen (secondary N) is 1. The number of hydrogen-bond donors (Lipinski definition) is 1. The third kappa shape index (κ3) is 3.35. The predicted molar refractivity (Wildman–Crippen MR) is 74.9 cm³/mol. The van der Waals surface area contributed by atoms with E-state index >= 15 is 0 Å². The lowest BCUT2D eigenvalue weighted by Crippen LogP contribution is -2.08. The van der Waals surface area contributed by atoms with Gasteiger partial charge in [0.25, 0.3) is 5.56 Å². The highest BCUT2D eigenvalue weighted by Crippen LogP contribution is 2.32. The van der Waals surface area contributed by atoms with Crippen LogP contribution in [0.25, 0.3) is 0 Å². The topological polar surface area (TPSA) is 64.2 Å². The Morgan fingerprint density at radius 2 is 2.05 bits per heavy atom. The number of para-hydroxylation sites is 2. The largest absolute Gasteiger partial charge is 0.490 e. The molecule has 0 atom stereocenters. The summed E-state index contributed by atoms with van der Waals surface area (Å²) < 4.78 is 11.4. The van der Waals surface area contributed by atoms with Crippen molar-refractivity contribution in [3.63, 3.8) is 0 Å². The third-order valence-electron chi connectivity index (χ3n) is 2.28. The van der Waals surface area contributed by atoms with Crippen LogP contribution in [0.4, 0.5) is 0 Å². The van der Waals surface area contributed by atoms with E-state index in [9.17, 15) is 4.79 Å². The SMILES string of the molecule is CCCOc1ccccc1Oc1nc[nH]c(=O)c1Br. The molecule has 2 rings (SSSR count). The lowest BCUT2D eigenvalue weighted by atomic mass is 10.3. The smallest absolute Gasteiger partial charge is 0.268 e. The Morgan fingerprint density at radius 1 is 1.32 bits per heavy atom. The lowest BCUT2D eigenvalue weighted by Gasteiger charge is -2.11. The van der Waals surface area contributed by atoms with Gasteiger partial charge in [-0.2, -0.15) is 0 Å². The molecule has 0 unspecified atom stereocenters. The van der Waals surface area contributed by atoms with Gasteiger partial charge >= 0.3 is 0 Å². The summed E-state index contributed by atoms with van der Waals surface area (Å²) >= 11 is 3.14. The molecule has 0 aliphatic rings. The van der Waals surface area contributed by atoms with Gasteiger partial charge in [0.05, 0.1) is 12.9 Å². The average Bonchev–Trinajstić information content (AvgIpc) is 2.43. The summed E-state index contributed by atoms with van der Waals surface area (Å²) in [5.41, 5.74) is -0.294. The first-order valence-corrected chi connectivity index (χ1v) is 6.64. The number of hydrogen-bond acceptors (Lipinski definition) is 4. The maximum Gasteiger partial charge on any atom is 0.268 e. The Hall–Kier alpha value is -1.82. The van der Waals surface area contributed by atoms with Crippen LogP contribution >= 0.6 is 15.9 Å². The number of aromatic nitrogens is 2. The zero-order valence-electron chi connectivity index (χ0n) is 10.4. The molecule has 0 saturated heterocycles. The zero-order chi connectivity index (χ0) is 13.7. The van der Waals surface area contributed by atoms with Crippen LogP contribution < -0.4 is 15.0 Å². The van der Waals surface area contributed by atoms with Crippen molar-refractivity contribution >= 4 is 15.9 Å². The van der Waals surface area contributed by atoms with Crippen LogP contribution in [0.5, 0.6) is 17.4 Å². The molecule has 1 N–H and O–H groups in total. The first kappa shape index (κ1) is 13.6. The molecule has 6 heteroatoms. The Kier molecular flexibility index (Phi) is 4.57. The van der Waals surface area contributed by atoms with Gasteiger partial charge in [-0.05, 0) is 34.5 Å². The van der Waals surface area contributed by atoms with Crippen molar-refractivity contribution in [1.29, 1.82) is 0 Å². The molecule has 0 radical (unpaired) electrons. The van der Waals surface area contributed by atoms with E-state index in [0.29, 0.717) is 18.1 Å². The summed E-state index contributed by atoms with van der Waals surface area (Å²) in [6.45, 7) is 2.63. The van der Waals surface area contributed by atoms with E-state index in [-0.39, 0.29) is 15.9 Å². The minimum Gasteiger partial charge on any atom is -0.490 e. The maximum atomic E-state index is 11.4. The summed E-state index contributed by atoms with van der Waals surface area (Å²) in [4.78, 5) is 17.9. The minimum absolute atomic E-state index is 0.205. The average molecular weight is 325 g/mol. The fourth-order valence-corrected chi connectivity index (χ4v) is 1.71. The van der Waals surface area contributed by atoms with E-state index in [2.05, 4.69) is 25.9 Å². The van der Waals surface area contributed by atoms with Gasteiger partial charge in [-0.25, -0.2) is 4.98 Å². The summed E-state index contributed by atoms with van der Waals surface area (Å²) in [5, 5.41) is 0. The standard InChI is InChI=1S/C13H13BrN2O3/c1-2-7-18-9-5-3-4-6-10(9)19-13-11(14)12(17)15-8-16-13/h3-6,8H,2,7H2,1H3,(H,15,16,17). The van der Waals surface area contributed by atoms with Gasteiger partial charge in [-0.3, -0.25) is 4.79 Å². The van der Waals surface area contributed by atoms with Crippen molar-refractivity contribution in [3.8, 4) is 17.4 Å². The third-order valence-corrected chi connectivity index (χ3v) is 2.98. The normalized spacial score (nSPS) is 10.2. The van der Waals surface area contributed by atoms with E-state index in [4.69, 9.17) is 9.47 Å². The zero-order valence-corrected chi connectivity index (χ0v) is 11.9. The van der Waals surface area contributed by atoms with Gasteiger partial charge in [-0.15, -0.1) is 0 Å². The summed E-state index contributed by atoms with van der Waals surface area (Å²) in [7, 11) is 0. The Morgan fingerprint density at radius 3 is 2.79 bits per heavy atom. The van der Waals surface area contributed by atoms with Crippen molar-refractivity contribution in [2.45, 2.75) is 13.3 Å². The molecule has 1 heterocycles. The van der Waals surface area contributed by atoms with Gasteiger partial charge in [-0.1, -0.05) is 19.1 Å². The van der Waals surface area contributed by atoms with Crippen molar-refractivity contribution in [1.82, 2.24) is 9.97 Å².